The van der Waals surface area contributed by atoms with Crippen LogP contribution in [-0.2, 0) is 4.79 Å². The van der Waals surface area contributed by atoms with Gasteiger partial charge in [-0.15, -0.1) is 10.2 Å². The Labute approximate surface area is 203 Å². The van der Waals surface area contributed by atoms with Crippen molar-refractivity contribution in [3.05, 3.63) is 76.3 Å². The first-order valence-electron chi connectivity index (χ1n) is 12.1. The topological polar surface area (TPSA) is 92.2 Å². The van der Waals surface area contributed by atoms with E-state index < -0.39 is 5.97 Å². The van der Waals surface area contributed by atoms with Gasteiger partial charge in [0.05, 0.1) is 0 Å². The number of carboxylic acids is 1. The van der Waals surface area contributed by atoms with Crippen LogP contribution >= 0.6 is 11.3 Å². The average Bonchev–Trinajstić information content (AvgIpc) is 3.27. The summed E-state index contributed by atoms with van der Waals surface area (Å²) in [6, 6.07) is 18.4. The first-order valence-corrected chi connectivity index (χ1v) is 12.9. The van der Waals surface area contributed by atoms with Crippen LogP contribution in [0.5, 0.6) is 0 Å². The minimum atomic E-state index is -0.703. The fourth-order valence-corrected chi connectivity index (χ4v) is 6.15. The summed E-state index contributed by atoms with van der Waals surface area (Å²) in [5.41, 5.74) is 3.21. The third kappa shape index (κ3) is 5.20. The van der Waals surface area contributed by atoms with Gasteiger partial charge in [-0.25, -0.2) is 0 Å². The van der Waals surface area contributed by atoms with Gasteiger partial charge >= 0.3 is 5.97 Å². The Balaban J connectivity index is 1.12. The zero-order valence-electron chi connectivity index (χ0n) is 19.0. The molecule has 0 aliphatic heterocycles. The maximum absolute atomic E-state index is 12.7. The predicted octanol–water partition coefficient (Wildman–Crippen LogP) is 6.20. The molecule has 0 atom stereocenters. The lowest BCUT2D eigenvalue weighted by Crippen LogP contribution is -2.19. The van der Waals surface area contributed by atoms with Crippen molar-refractivity contribution >= 4 is 28.3 Å². The van der Waals surface area contributed by atoms with E-state index in [1.165, 1.54) is 22.5 Å². The molecule has 7 heteroatoms. The lowest BCUT2D eigenvalue weighted by atomic mass is 9.72. The fraction of sp³-hybridized carbons (Fsp3) is 0.407. The van der Waals surface area contributed by atoms with E-state index in [0.717, 1.165) is 43.5 Å². The molecular formula is C27H29N3O3S. The highest BCUT2D eigenvalue weighted by molar-refractivity contribution is 7.15. The van der Waals surface area contributed by atoms with Crippen molar-refractivity contribution < 1.29 is 14.7 Å². The maximum atomic E-state index is 12.7. The Kier molecular flexibility index (Phi) is 6.72. The van der Waals surface area contributed by atoms with Gasteiger partial charge in [-0.1, -0.05) is 53.8 Å². The van der Waals surface area contributed by atoms with Crippen LogP contribution in [0.15, 0.2) is 54.6 Å². The molecule has 0 unspecified atom stereocenters. The van der Waals surface area contributed by atoms with Gasteiger partial charge in [-0.05, 0) is 79.5 Å². The highest BCUT2D eigenvalue weighted by Gasteiger charge is 2.34. The lowest BCUT2D eigenvalue weighted by molar-refractivity contribution is -0.138. The third-order valence-corrected chi connectivity index (χ3v) is 8.37. The molecule has 34 heavy (non-hydrogen) atoms. The lowest BCUT2D eigenvalue weighted by Gasteiger charge is -2.34. The summed E-state index contributed by atoms with van der Waals surface area (Å²) in [6.45, 7) is 0. The van der Waals surface area contributed by atoms with E-state index in [0.29, 0.717) is 34.4 Å². The highest BCUT2D eigenvalue weighted by atomic mass is 32.1. The number of rotatable bonds is 7. The smallest absolute Gasteiger partial charge is 0.303 e. The number of benzene rings is 2. The normalized spacial score (nSPS) is 24.2. The Bertz CT molecular complexity index is 1130. The van der Waals surface area contributed by atoms with Gasteiger partial charge in [-0.3, -0.25) is 14.9 Å². The fourth-order valence-electron chi connectivity index (χ4n) is 5.29. The molecule has 0 spiro atoms. The van der Waals surface area contributed by atoms with Crippen molar-refractivity contribution in [1.29, 1.82) is 0 Å². The molecule has 1 amide bonds. The molecule has 3 aromatic rings. The van der Waals surface area contributed by atoms with Crippen LogP contribution in [0.4, 0.5) is 5.13 Å². The van der Waals surface area contributed by atoms with E-state index in [1.54, 1.807) is 0 Å². The molecule has 2 aliphatic carbocycles. The van der Waals surface area contributed by atoms with Gasteiger partial charge in [0.25, 0.3) is 5.91 Å². The highest BCUT2D eigenvalue weighted by Crippen LogP contribution is 2.48. The van der Waals surface area contributed by atoms with E-state index in [2.05, 4.69) is 39.8 Å². The standard InChI is InChI=1S/C27H29N3O3S/c31-24(32)14-17-6-8-19(9-7-17)20-10-12-21(13-11-20)25(33)28-27-30-29-26(34-27)23-15-22(16-23)18-4-2-1-3-5-18/h1-5,10-13,17,19,22-23H,6-9,14-16H2,(H,31,32)(H,28,30,33)/t17-,19-,22-,23+. The molecule has 5 rings (SSSR count). The van der Waals surface area contributed by atoms with Crippen molar-refractivity contribution in [2.75, 3.05) is 5.32 Å². The van der Waals surface area contributed by atoms with Crippen LogP contribution in [0.3, 0.4) is 0 Å². The van der Waals surface area contributed by atoms with E-state index in [1.807, 2.05) is 30.3 Å². The molecule has 2 aromatic carbocycles. The molecule has 0 bridgehead atoms. The quantitative estimate of drug-likeness (QED) is 0.424. The zero-order valence-corrected chi connectivity index (χ0v) is 19.8. The molecule has 176 valence electrons. The van der Waals surface area contributed by atoms with Crippen molar-refractivity contribution in [2.45, 2.75) is 62.7 Å². The van der Waals surface area contributed by atoms with E-state index in [4.69, 9.17) is 5.11 Å². The number of hydrogen-bond donors (Lipinski definition) is 2. The molecule has 0 radical (unpaired) electrons. The maximum Gasteiger partial charge on any atom is 0.303 e. The first-order chi connectivity index (χ1) is 16.5. The summed E-state index contributed by atoms with van der Waals surface area (Å²) < 4.78 is 0. The van der Waals surface area contributed by atoms with Gasteiger partial charge in [0.2, 0.25) is 5.13 Å². The summed E-state index contributed by atoms with van der Waals surface area (Å²) >= 11 is 1.47. The van der Waals surface area contributed by atoms with Crippen LogP contribution in [-0.4, -0.2) is 27.2 Å². The molecule has 6 nitrogen and oxygen atoms in total. The monoisotopic (exact) mass is 475 g/mol. The number of hydrogen-bond acceptors (Lipinski definition) is 5. The van der Waals surface area contributed by atoms with Crippen LogP contribution in [0.25, 0.3) is 0 Å². The Morgan fingerprint density at radius 3 is 2.21 bits per heavy atom. The molecule has 1 aromatic heterocycles. The zero-order chi connectivity index (χ0) is 23.5. The summed E-state index contributed by atoms with van der Waals surface area (Å²) in [4.78, 5) is 23.6. The number of carbonyl (C=O) groups is 2. The van der Waals surface area contributed by atoms with Crippen LogP contribution in [0.2, 0.25) is 0 Å². The summed E-state index contributed by atoms with van der Waals surface area (Å²) in [5.74, 6) is 0.854. The van der Waals surface area contributed by atoms with Gasteiger partial charge in [0, 0.05) is 17.9 Å². The molecular weight excluding hydrogens is 446 g/mol. The van der Waals surface area contributed by atoms with Crippen LogP contribution in [0, 0.1) is 5.92 Å². The number of nitrogens with zero attached hydrogens (tertiary/aromatic N) is 2. The summed E-state index contributed by atoms with van der Waals surface area (Å²) in [5, 5.41) is 22.0. The molecule has 2 fully saturated rings. The van der Waals surface area contributed by atoms with E-state index in [9.17, 15) is 9.59 Å². The first kappa shape index (κ1) is 22.7. The second-order valence-corrected chi connectivity index (χ2v) is 10.6. The number of anilines is 1. The largest absolute Gasteiger partial charge is 0.481 e. The number of carboxylic acid groups (broad SMARTS) is 1. The second-order valence-electron chi connectivity index (χ2n) is 9.61. The number of aliphatic carboxylic acids is 1. The summed E-state index contributed by atoms with van der Waals surface area (Å²) in [6.07, 6.45) is 6.33. The Morgan fingerprint density at radius 1 is 0.853 bits per heavy atom. The molecule has 2 saturated carbocycles. The molecule has 1 heterocycles. The van der Waals surface area contributed by atoms with Crippen LogP contribution < -0.4 is 5.32 Å². The van der Waals surface area contributed by atoms with Gasteiger partial charge < -0.3 is 5.11 Å². The third-order valence-electron chi connectivity index (χ3n) is 7.37. The number of aromatic nitrogens is 2. The van der Waals surface area contributed by atoms with Crippen molar-refractivity contribution in [3.63, 3.8) is 0 Å². The second kappa shape index (κ2) is 10.1. The number of carbonyl (C=O) groups excluding carboxylic acids is 1. The molecule has 2 aliphatic rings. The molecule has 0 saturated heterocycles. The van der Waals surface area contributed by atoms with E-state index in [-0.39, 0.29) is 12.3 Å². The molecule has 2 N–H and O–H groups in total. The average molecular weight is 476 g/mol. The predicted molar refractivity (Wildman–Crippen MR) is 132 cm³/mol. The SMILES string of the molecule is O=C(O)C[C@H]1CC[C@H](c2ccc(C(=O)Nc3nnc([C@H]4C[C@@H](c5ccccc5)C4)s3)cc2)CC1. The van der Waals surface area contributed by atoms with Gasteiger partial charge in [0.1, 0.15) is 5.01 Å². The van der Waals surface area contributed by atoms with Crippen LogP contribution in [0.1, 0.15) is 89.2 Å². The van der Waals surface area contributed by atoms with E-state index >= 15 is 0 Å². The number of amides is 1. The van der Waals surface area contributed by atoms with Crippen molar-refractivity contribution in [2.24, 2.45) is 5.92 Å². The minimum Gasteiger partial charge on any atom is -0.481 e. The summed E-state index contributed by atoms with van der Waals surface area (Å²) in [7, 11) is 0. The number of nitrogens with one attached hydrogen (secondary N) is 1. The van der Waals surface area contributed by atoms with Crippen molar-refractivity contribution in [1.82, 2.24) is 10.2 Å². The minimum absolute atomic E-state index is 0.171. The van der Waals surface area contributed by atoms with Gasteiger partial charge in [0.15, 0.2) is 0 Å². The van der Waals surface area contributed by atoms with Crippen molar-refractivity contribution in [3.8, 4) is 0 Å². The Hall–Kier alpha value is -3.06. The Morgan fingerprint density at radius 2 is 1.53 bits per heavy atom. The van der Waals surface area contributed by atoms with Gasteiger partial charge in [-0.2, -0.15) is 0 Å².